The molecule has 0 radical (unpaired) electrons. The molecule has 2 aromatic rings. The molecule has 18 heavy (non-hydrogen) atoms. The predicted molar refractivity (Wildman–Crippen MR) is 83.7 cm³/mol. The Morgan fingerprint density at radius 2 is 2.06 bits per heavy atom. The van der Waals surface area contributed by atoms with E-state index in [2.05, 4.69) is 76.0 Å². The van der Waals surface area contributed by atoms with Crippen LogP contribution in [-0.2, 0) is 0 Å². The summed E-state index contributed by atoms with van der Waals surface area (Å²) in [6.07, 6.45) is 0. The number of nitrogens with zero attached hydrogens (tertiary/aromatic N) is 1. The minimum Gasteiger partial charge on any atom is -0.378 e. The monoisotopic (exact) mass is 324 g/mol. The number of hydrogen-bond acceptors (Lipinski definition) is 3. The van der Waals surface area contributed by atoms with E-state index < -0.39 is 0 Å². The first-order chi connectivity index (χ1) is 8.63. The van der Waals surface area contributed by atoms with Crippen molar-refractivity contribution in [2.75, 3.05) is 26.0 Å². The second-order valence-corrected chi connectivity index (χ2v) is 6.15. The Morgan fingerprint density at radius 1 is 1.28 bits per heavy atom. The molecular formula is C14H17BrN2S. The van der Waals surface area contributed by atoms with Crippen LogP contribution in [0.15, 0.2) is 40.2 Å². The smallest absolute Gasteiger partial charge is 0.0680 e. The highest BCUT2D eigenvalue weighted by Gasteiger charge is 2.16. The number of thiophene rings is 1. The Bertz CT molecular complexity index is 522. The van der Waals surface area contributed by atoms with E-state index in [4.69, 9.17) is 0 Å². The fourth-order valence-electron chi connectivity index (χ4n) is 1.94. The molecule has 0 fully saturated rings. The summed E-state index contributed by atoms with van der Waals surface area (Å²) in [6.45, 7) is 0. The second kappa shape index (κ2) is 5.87. The highest BCUT2D eigenvalue weighted by molar-refractivity contribution is 9.10. The lowest BCUT2D eigenvalue weighted by Gasteiger charge is -2.19. The Hall–Kier alpha value is -0.840. The number of hydrogen-bond donors (Lipinski definition) is 1. The molecule has 0 amide bonds. The second-order valence-electron chi connectivity index (χ2n) is 4.34. The maximum absolute atomic E-state index is 3.61. The van der Waals surface area contributed by atoms with Crippen molar-refractivity contribution in [3.63, 3.8) is 0 Å². The third kappa shape index (κ3) is 2.76. The van der Waals surface area contributed by atoms with Crippen LogP contribution in [0, 0.1) is 0 Å². The fraction of sp³-hybridized carbons (Fsp3) is 0.286. The van der Waals surface area contributed by atoms with Gasteiger partial charge in [0.05, 0.1) is 6.04 Å². The molecule has 1 N–H and O–H groups in total. The lowest BCUT2D eigenvalue weighted by molar-refractivity contribution is 0.701. The third-order valence-corrected chi connectivity index (χ3v) is 4.85. The summed E-state index contributed by atoms with van der Waals surface area (Å²) in [7, 11) is 6.13. The van der Waals surface area contributed by atoms with Gasteiger partial charge >= 0.3 is 0 Å². The van der Waals surface area contributed by atoms with Crippen molar-refractivity contribution in [1.29, 1.82) is 0 Å². The zero-order valence-corrected chi connectivity index (χ0v) is 13.2. The quantitative estimate of drug-likeness (QED) is 0.918. The Labute approximate surface area is 121 Å². The molecule has 1 aromatic carbocycles. The molecule has 2 rings (SSSR count). The van der Waals surface area contributed by atoms with Gasteiger partial charge in [0, 0.05) is 29.1 Å². The van der Waals surface area contributed by atoms with E-state index in [1.165, 1.54) is 20.6 Å². The average molecular weight is 325 g/mol. The van der Waals surface area contributed by atoms with Gasteiger partial charge in [-0.15, -0.1) is 11.3 Å². The van der Waals surface area contributed by atoms with Crippen LogP contribution in [0.5, 0.6) is 0 Å². The minimum absolute atomic E-state index is 0.235. The van der Waals surface area contributed by atoms with Crippen LogP contribution >= 0.6 is 27.3 Å². The van der Waals surface area contributed by atoms with Crippen molar-refractivity contribution in [2.45, 2.75) is 6.04 Å². The first-order valence-corrected chi connectivity index (χ1v) is 7.48. The Kier molecular flexibility index (Phi) is 4.43. The van der Waals surface area contributed by atoms with Crippen LogP contribution in [0.2, 0.25) is 0 Å². The maximum Gasteiger partial charge on any atom is 0.0680 e. The third-order valence-electron chi connectivity index (χ3n) is 2.92. The van der Waals surface area contributed by atoms with Gasteiger partial charge in [-0.1, -0.05) is 12.1 Å². The van der Waals surface area contributed by atoms with E-state index in [-0.39, 0.29) is 6.04 Å². The first kappa shape index (κ1) is 13.6. The van der Waals surface area contributed by atoms with Crippen LogP contribution in [0.3, 0.4) is 0 Å². The molecule has 1 heterocycles. The summed E-state index contributed by atoms with van der Waals surface area (Å²) in [5.74, 6) is 0. The van der Waals surface area contributed by atoms with Gasteiger partial charge in [-0.2, -0.15) is 0 Å². The SMILES string of the molecule is CNC(c1cccc(N(C)C)c1)c1sccc1Br. The molecule has 1 aromatic heterocycles. The van der Waals surface area contributed by atoms with Crippen molar-refractivity contribution in [2.24, 2.45) is 0 Å². The summed E-state index contributed by atoms with van der Waals surface area (Å²) in [4.78, 5) is 3.44. The molecule has 96 valence electrons. The van der Waals surface area contributed by atoms with Crippen molar-refractivity contribution in [3.8, 4) is 0 Å². The fourth-order valence-corrected chi connectivity index (χ4v) is 3.68. The molecule has 1 atom stereocenters. The zero-order chi connectivity index (χ0) is 13.1. The van der Waals surface area contributed by atoms with E-state index in [0.717, 1.165) is 0 Å². The van der Waals surface area contributed by atoms with Gasteiger partial charge in [-0.05, 0) is 52.1 Å². The van der Waals surface area contributed by atoms with Crippen molar-refractivity contribution < 1.29 is 0 Å². The Balaban J connectivity index is 2.39. The van der Waals surface area contributed by atoms with Gasteiger partial charge in [0.1, 0.15) is 0 Å². The lowest BCUT2D eigenvalue weighted by Crippen LogP contribution is -2.17. The normalized spacial score (nSPS) is 12.4. The summed E-state index contributed by atoms with van der Waals surface area (Å²) in [5, 5.41) is 5.50. The van der Waals surface area contributed by atoms with Crippen LogP contribution in [0.1, 0.15) is 16.5 Å². The average Bonchev–Trinajstić information content (AvgIpc) is 2.77. The van der Waals surface area contributed by atoms with Gasteiger partial charge in [0.15, 0.2) is 0 Å². The summed E-state index contributed by atoms with van der Waals surface area (Å²) >= 11 is 5.38. The molecule has 2 nitrogen and oxygen atoms in total. The van der Waals surface area contributed by atoms with E-state index in [1.54, 1.807) is 11.3 Å². The number of benzene rings is 1. The maximum atomic E-state index is 3.61. The van der Waals surface area contributed by atoms with Crippen molar-refractivity contribution in [3.05, 3.63) is 50.6 Å². The standard InChI is InChI=1S/C14H17BrN2S/c1-16-13(14-12(15)7-8-18-14)10-5-4-6-11(9-10)17(2)3/h4-9,13,16H,1-3H3. The number of anilines is 1. The highest BCUT2D eigenvalue weighted by Crippen LogP contribution is 2.33. The van der Waals surface area contributed by atoms with E-state index in [0.29, 0.717) is 0 Å². The van der Waals surface area contributed by atoms with Gasteiger partial charge in [0.2, 0.25) is 0 Å². The van der Waals surface area contributed by atoms with Crippen molar-refractivity contribution in [1.82, 2.24) is 5.32 Å². The molecule has 0 bridgehead atoms. The van der Waals surface area contributed by atoms with Gasteiger partial charge in [-0.3, -0.25) is 0 Å². The number of nitrogens with one attached hydrogen (secondary N) is 1. The highest BCUT2D eigenvalue weighted by atomic mass is 79.9. The van der Waals surface area contributed by atoms with E-state index in [9.17, 15) is 0 Å². The molecule has 1 unspecified atom stereocenters. The topological polar surface area (TPSA) is 15.3 Å². The van der Waals surface area contributed by atoms with Gasteiger partial charge in [-0.25, -0.2) is 0 Å². The largest absolute Gasteiger partial charge is 0.378 e. The molecule has 0 saturated carbocycles. The zero-order valence-electron chi connectivity index (χ0n) is 10.8. The number of halogens is 1. The number of rotatable bonds is 4. The first-order valence-electron chi connectivity index (χ1n) is 5.81. The van der Waals surface area contributed by atoms with Crippen molar-refractivity contribution >= 4 is 33.0 Å². The molecule has 0 saturated heterocycles. The summed E-state index contributed by atoms with van der Waals surface area (Å²) < 4.78 is 1.17. The Morgan fingerprint density at radius 3 is 2.61 bits per heavy atom. The lowest BCUT2D eigenvalue weighted by atomic mass is 10.0. The summed E-state index contributed by atoms with van der Waals surface area (Å²) in [6, 6.07) is 11.0. The molecule has 4 heteroatoms. The summed E-state index contributed by atoms with van der Waals surface area (Å²) in [5.41, 5.74) is 2.51. The van der Waals surface area contributed by atoms with E-state index in [1.807, 2.05) is 7.05 Å². The van der Waals surface area contributed by atoms with Crippen LogP contribution < -0.4 is 10.2 Å². The van der Waals surface area contributed by atoms with Crippen LogP contribution in [0.25, 0.3) is 0 Å². The van der Waals surface area contributed by atoms with E-state index >= 15 is 0 Å². The van der Waals surface area contributed by atoms with Crippen LogP contribution in [0.4, 0.5) is 5.69 Å². The predicted octanol–water partition coefficient (Wildman–Crippen LogP) is 3.89. The van der Waals surface area contributed by atoms with Crippen LogP contribution in [-0.4, -0.2) is 21.1 Å². The molecule has 0 aliphatic heterocycles. The molecule has 0 aliphatic rings. The minimum atomic E-state index is 0.235. The molecule has 0 spiro atoms. The van der Waals surface area contributed by atoms with Gasteiger partial charge < -0.3 is 10.2 Å². The van der Waals surface area contributed by atoms with Gasteiger partial charge in [0.25, 0.3) is 0 Å². The molecular weight excluding hydrogens is 308 g/mol. The molecule has 0 aliphatic carbocycles.